The Bertz CT molecular complexity index is 1810. The smallest absolute Gasteiger partial charge is 0.410 e. The van der Waals surface area contributed by atoms with Crippen molar-refractivity contribution in [1.29, 1.82) is 0 Å². The van der Waals surface area contributed by atoms with Crippen molar-refractivity contribution >= 4 is 23.8 Å². The molecule has 2 aromatic rings. The van der Waals surface area contributed by atoms with Gasteiger partial charge in [-0.2, -0.15) is 4.39 Å². The van der Waals surface area contributed by atoms with Crippen LogP contribution in [0, 0.1) is 23.0 Å². The summed E-state index contributed by atoms with van der Waals surface area (Å²) in [6.45, 7) is 21.4. The molecule has 326 valence electrons. The number of halogens is 2. The fourth-order valence-corrected chi connectivity index (χ4v) is 8.71. The quantitative estimate of drug-likeness (QED) is 0.273. The lowest BCUT2D eigenvalue weighted by Crippen LogP contribution is -2.50. The van der Waals surface area contributed by atoms with Gasteiger partial charge in [0.2, 0.25) is 5.82 Å². The van der Waals surface area contributed by atoms with Gasteiger partial charge in [0.05, 0.1) is 6.54 Å². The number of benzene rings is 2. The molecule has 1 aliphatic carbocycles. The highest BCUT2D eigenvalue weighted by molar-refractivity contribution is 5.94. The van der Waals surface area contributed by atoms with E-state index in [1.54, 1.807) is 9.80 Å². The first-order valence-electron chi connectivity index (χ1n) is 21.6. The lowest BCUT2D eigenvalue weighted by Gasteiger charge is -2.37. The Morgan fingerprint density at radius 1 is 0.610 bits per heavy atom. The molecule has 0 spiro atoms. The minimum atomic E-state index is -1.04. The van der Waals surface area contributed by atoms with Crippen LogP contribution in [0.5, 0.6) is 11.5 Å². The summed E-state index contributed by atoms with van der Waals surface area (Å²) in [5, 5.41) is 0. The standard InChI is InChI=1S/C46H66F2N4O7/c1-44(2,3)32-13-10-30(11-14-32)36-26-31(12-15-38(36)57-35-18-21-52(29-35)43(55)59-46(7,8)9)41(53)50-19-16-34(17-20-50)56-39-28-33(27-37(47)40(39)48)49-22-24-51(25-23-49)42(54)58-45(4,5)6/h12,15,26-28,30,32,34-35H,10-11,13-14,16-25,29H2,1-9H3/t30?,32?,35-/m0/s1. The second-order valence-corrected chi connectivity index (χ2v) is 19.9. The van der Waals surface area contributed by atoms with E-state index in [0.717, 1.165) is 37.0 Å². The van der Waals surface area contributed by atoms with Gasteiger partial charge >= 0.3 is 12.2 Å². The highest BCUT2D eigenvalue weighted by Crippen LogP contribution is 2.46. The molecule has 0 unspecified atom stereocenters. The van der Waals surface area contributed by atoms with Crippen molar-refractivity contribution in [3.05, 3.63) is 53.1 Å². The van der Waals surface area contributed by atoms with Gasteiger partial charge in [0, 0.05) is 88.5 Å². The zero-order valence-electron chi connectivity index (χ0n) is 36.7. The van der Waals surface area contributed by atoms with Crippen LogP contribution >= 0.6 is 0 Å². The molecule has 0 aromatic heterocycles. The average Bonchev–Trinajstić information content (AvgIpc) is 3.64. The summed E-state index contributed by atoms with van der Waals surface area (Å²) in [7, 11) is 0. The molecule has 0 N–H and O–H groups in total. The van der Waals surface area contributed by atoms with Crippen molar-refractivity contribution < 1.29 is 42.1 Å². The normalized spacial score (nSPS) is 22.3. The second kappa shape index (κ2) is 17.7. The first kappa shape index (κ1) is 44.3. The summed E-state index contributed by atoms with van der Waals surface area (Å²) in [5.74, 6) is -0.630. The summed E-state index contributed by atoms with van der Waals surface area (Å²) in [6, 6.07) is 8.47. The van der Waals surface area contributed by atoms with Crippen LogP contribution in [0.4, 0.5) is 24.1 Å². The van der Waals surface area contributed by atoms with Crippen molar-refractivity contribution in [2.45, 2.75) is 137 Å². The van der Waals surface area contributed by atoms with Crippen molar-refractivity contribution in [2.24, 2.45) is 11.3 Å². The summed E-state index contributed by atoms with van der Waals surface area (Å²) < 4.78 is 53.9. The van der Waals surface area contributed by atoms with Gasteiger partial charge in [-0.05, 0) is 108 Å². The summed E-state index contributed by atoms with van der Waals surface area (Å²) >= 11 is 0. The number of piperazine rings is 1. The third-order valence-corrected chi connectivity index (χ3v) is 12.0. The van der Waals surface area contributed by atoms with Gasteiger partial charge in [-0.25, -0.2) is 14.0 Å². The van der Waals surface area contributed by atoms with Crippen LogP contribution in [0.15, 0.2) is 30.3 Å². The van der Waals surface area contributed by atoms with E-state index in [1.165, 1.54) is 12.1 Å². The Hall–Kier alpha value is -4.29. The Labute approximate surface area is 349 Å². The van der Waals surface area contributed by atoms with E-state index < -0.39 is 35.0 Å². The molecule has 13 heteroatoms. The fourth-order valence-electron chi connectivity index (χ4n) is 8.71. The minimum Gasteiger partial charge on any atom is -0.488 e. The molecule has 11 nitrogen and oxygen atoms in total. The molecule has 4 fully saturated rings. The Morgan fingerprint density at radius 3 is 1.76 bits per heavy atom. The van der Waals surface area contributed by atoms with Gasteiger partial charge in [0.25, 0.3) is 5.91 Å². The first-order chi connectivity index (χ1) is 27.6. The number of amides is 3. The Morgan fingerprint density at radius 2 is 1.17 bits per heavy atom. The number of anilines is 1. The van der Waals surface area contributed by atoms with E-state index in [-0.39, 0.29) is 35.2 Å². The summed E-state index contributed by atoms with van der Waals surface area (Å²) in [4.78, 5) is 46.4. The molecule has 6 rings (SSSR count). The molecule has 0 radical (unpaired) electrons. The fraction of sp³-hybridized carbons (Fsp3) is 0.674. The van der Waals surface area contributed by atoms with Gasteiger partial charge in [-0.1, -0.05) is 20.8 Å². The molecular weight excluding hydrogens is 759 g/mol. The second-order valence-electron chi connectivity index (χ2n) is 19.9. The van der Waals surface area contributed by atoms with E-state index >= 15 is 4.39 Å². The number of nitrogens with zero attached hydrogens (tertiary/aromatic N) is 4. The molecule has 4 aliphatic rings. The molecule has 3 saturated heterocycles. The van der Waals surface area contributed by atoms with Crippen LogP contribution in [0.2, 0.25) is 0 Å². The third-order valence-electron chi connectivity index (χ3n) is 12.0. The van der Waals surface area contributed by atoms with Gasteiger partial charge in [0.15, 0.2) is 11.6 Å². The van der Waals surface area contributed by atoms with E-state index in [2.05, 4.69) is 20.8 Å². The van der Waals surface area contributed by atoms with Crippen LogP contribution in [0.3, 0.4) is 0 Å². The van der Waals surface area contributed by atoms with E-state index in [9.17, 15) is 18.8 Å². The zero-order chi connectivity index (χ0) is 42.9. The SMILES string of the molecule is CC(C)(C)OC(=O)N1CCN(c2cc(F)c(F)c(OC3CCN(C(=O)c4ccc(O[C@H]5CCN(C(=O)OC(C)(C)C)C5)c(C5CCC(C(C)(C)C)CC5)c4)CC3)c2)CC1. The van der Waals surface area contributed by atoms with Crippen molar-refractivity contribution in [2.75, 3.05) is 57.3 Å². The first-order valence-corrected chi connectivity index (χ1v) is 21.6. The van der Waals surface area contributed by atoms with E-state index in [0.29, 0.717) is 88.8 Å². The average molecular weight is 825 g/mol. The molecular formula is C46H66F2N4O7. The van der Waals surface area contributed by atoms with Crippen LogP contribution < -0.4 is 14.4 Å². The number of hydrogen-bond donors (Lipinski definition) is 0. The molecule has 3 aliphatic heterocycles. The molecule has 3 amide bonds. The number of carbonyl (C=O) groups excluding carboxylic acids is 3. The maximum absolute atomic E-state index is 15.1. The van der Waals surface area contributed by atoms with Gasteiger partial charge < -0.3 is 38.5 Å². The Kier molecular flexibility index (Phi) is 13.3. The van der Waals surface area contributed by atoms with Gasteiger partial charge in [-0.3, -0.25) is 4.79 Å². The number of rotatable bonds is 7. The molecule has 0 bridgehead atoms. The number of likely N-dealkylation sites (tertiary alicyclic amines) is 2. The van der Waals surface area contributed by atoms with Crippen LogP contribution in [0.1, 0.15) is 129 Å². The highest BCUT2D eigenvalue weighted by atomic mass is 19.2. The van der Waals surface area contributed by atoms with Crippen LogP contribution in [0.25, 0.3) is 0 Å². The van der Waals surface area contributed by atoms with Crippen LogP contribution in [-0.2, 0) is 9.47 Å². The molecule has 1 atom stereocenters. The molecule has 59 heavy (non-hydrogen) atoms. The molecule has 2 aromatic carbocycles. The van der Waals surface area contributed by atoms with E-state index in [1.807, 2.05) is 69.5 Å². The zero-order valence-corrected chi connectivity index (χ0v) is 36.7. The van der Waals surface area contributed by atoms with Crippen molar-refractivity contribution in [3.63, 3.8) is 0 Å². The maximum atomic E-state index is 15.1. The highest BCUT2D eigenvalue weighted by Gasteiger charge is 2.35. The lowest BCUT2D eigenvalue weighted by atomic mass is 9.68. The lowest BCUT2D eigenvalue weighted by molar-refractivity contribution is 0.0237. The van der Waals surface area contributed by atoms with Crippen molar-refractivity contribution in [3.8, 4) is 11.5 Å². The molecule has 1 saturated carbocycles. The van der Waals surface area contributed by atoms with Gasteiger partial charge in [-0.15, -0.1) is 0 Å². The number of ether oxygens (including phenoxy) is 4. The summed E-state index contributed by atoms with van der Waals surface area (Å²) in [5.41, 5.74) is 1.17. The number of carbonyl (C=O) groups is 3. The van der Waals surface area contributed by atoms with Crippen molar-refractivity contribution in [1.82, 2.24) is 14.7 Å². The topological polar surface area (TPSA) is 101 Å². The molecule has 3 heterocycles. The third kappa shape index (κ3) is 11.5. The van der Waals surface area contributed by atoms with E-state index in [4.69, 9.17) is 18.9 Å². The monoisotopic (exact) mass is 824 g/mol. The predicted molar refractivity (Wildman–Crippen MR) is 223 cm³/mol. The maximum Gasteiger partial charge on any atom is 0.410 e. The largest absolute Gasteiger partial charge is 0.488 e. The summed E-state index contributed by atoms with van der Waals surface area (Å²) in [6.07, 6.45) is 4.54. The predicted octanol–water partition coefficient (Wildman–Crippen LogP) is 9.41. The van der Waals surface area contributed by atoms with Crippen LogP contribution in [-0.4, -0.2) is 109 Å². The minimum absolute atomic E-state index is 0.0821. The Balaban J connectivity index is 1.09. The number of hydrogen-bond acceptors (Lipinski definition) is 8. The van der Waals surface area contributed by atoms with Gasteiger partial charge in [0.1, 0.15) is 29.2 Å². The number of piperidine rings is 1.